The summed E-state index contributed by atoms with van der Waals surface area (Å²) in [5, 5.41) is 3.33. The molecular formula is C26H18Cl3F4N3O2. The van der Waals surface area contributed by atoms with Gasteiger partial charge in [-0.3, -0.25) is 9.78 Å². The highest BCUT2D eigenvalue weighted by Crippen LogP contribution is 2.50. The van der Waals surface area contributed by atoms with Gasteiger partial charge in [0.1, 0.15) is 0 Å². The molecule has 5 nitrogen and oxygen atoms in total. The first-order valence-corrected chi connectivity index (χ1v) is 12.4. The van der Waals surface area contributed by atoms with Crippen LogP contribution in [0, 0.1) is 6.92 Å². The Morgan fingerprint density at radius 3 is 2.21 bits per heavy atom. The van der Waals surface area contributed by atoms with Crippen LogP contribution >= 0.6 is 34.8 Å². The second kappa shape index (κ2) is 9.39. The van der Waals surface area contributed by atoms with E-state index in [1.165, 1.54) is 35.4 Å². The largest absolute Gasteiger partial charge is 0.435 e. The number of hydrogen-bond donors (Lipinski definition) is 0. The quantitative estimate of drug-likeness (QED) is 0.239. The Morgan fingerprint density at radius 2 is 1.63 bits per heavy atom. The predicted molar refractivity (Wildman–Crippen MR) is 136 cm³/mol. The molecule has 5 rings (SSSR count). The summed E-state index contributed by atoms with van der Waals surface area (Å²) >= 11 is 17.9. The molecule has 0 saturated carbocycles. The third-order valence-corrected chi connectivity index (χ3v) is 7.88. The molecule has 0 aliphatic carbocycles. The number of carbonyl (C=O) groups is 1. The number of benzene rings is 2. The van der Waals surface area contributed by atoms with E-state index in [4.69, 9.17) is 39.6 Å². The highest BCUT2D eigenvalue weighted by Gasteiger charge is 2.62. The van der Waals surface area contributed by atoms with Crippen LogP contribution in [0.5, 0.6) is 0 Å². The van der Waals surface area contributed by atoms with Gasteiger partial charge in [-0.25, -0.2) is 4.39 Å². The molecule has 12 heteroatoms. The number of rotatable bonds is 4. The van der Waals surface area contributed by atoms with E-state index in [0.29, 0.717) is 22.4 Å². The second-order valence-electron chi connectivity index (χ2n) is 9.27. The summed E-state index contributed by atoms with van der Waals surface area (Å²) in [6.45, 7) is 1.46. The lowest BCUT2D eigenvalue weighted by Gasteiger charge is -2.44. The van der Waals surface area contributed by atoms with Crippen molar-refractivity contribution in [2.45, 2.75) is 30.8 Å². The van der Waals surface area contributed by atoms with Gasteiger partial charge in [-0.15, -0.1) is 0 Å². The molecule has 1 amide bonds. The normalized spacial score (nSPS) is 20.5. The van der Waals surface area contributed by atoms with E-state index in [2.05, 4.69) is 10.1 Å². The SMILES string of the molecule is Cc1cc(C(=O)N2CC(F)(c3ccc(C4=NOC(c5cc(Cl)c(Cl)c(Cl)c5)(C(F)(F)F)C4)cc3)C2)ccn1. The first-order valence-electron chi connectivity index (χ1n) is 11.3. The van der Waals surface area contributed by atoms with Gasteiger partial charge < -0.3 is 9.74 Å². The lowest BCUT2D eigenvalue weighted by molar-refractivity contribution is -0.275. The first kappa shape index (κ1) is 26.7. The molecular weight excluding hydrogens is 569 g/mol. The average molecular weight is 587 g/mol. The number of halogens is 7. The van der Waals surface area contributed by atoms with Crippen molar-refractivity contribution in [1.29, 1.82) is 0 Å². The number of carbonyl (C=O) groups excluding carboxylic acids is 1. The van der Waals surface area contributed by atoms with Crippen LogP contribution in [0.1, 0.15) is 39.2 Å². The number of hydrogen-bond acceptors (Lipinski definition) is 4. The van der Waals surface area contributed by atoms with E-state index in [1.807, 2.05) is 0 Å². The first-order chi connectivity index (χ1) is 17.8. The van der Waals surface area contributed by atoms with Crippen molar-refractivity contribution in [2.75, 3.05) is 13.1 Å². The maximum atomic E-state index is 15.5. The maximum Gasteiger partial charge on any atom is 0.435 e. The third-order valence-electron chi connectivity index (χ3n) is 6.69. The minimum Gasteiger partial charge on any atom is -0.374 e. The Labute approximate surface area is 229 Å². The van der Waals surface area contributed by atoms with E-state index in [0.717, 1.165) is 12.1 Å². The molecule has 3 heterocycles. The average Bonchev–Trinajstić information content (AvgIpc) is 3.32. The fraction of sp³-hybridized carbons (Fsp3) is 0.269. The van der Waals surface area contributed by atoms with Gasteiger partial charge in [-0.2, -0.15) is 13.2 Å². The van der Waals surface area contributed by atoms with E-state index < -0.39 is 23.9 Å². The Kier molecular flexibility index (Phi) is 6.60. The number of alkyl halides is 4. The zero-order chi connectivity index (χ0) is 27.5. The molecule has 1 unspecified atom stereocenters. The summed E-state index contributed by atoms with van der Waals surface area (Å²) in [5.74, 6) is -0.302. The van der Waals surface area contributed by atoms with Crippen LogP contribution in [-0.4, -0.2) is 40.8 Å². The van der Waals surface area contributed by atoms with Crippen LogP contribution in [0.4, 0.5) is 17.6 Å². The number of oxime groups is 1. The molecule has 2 aliphatic heterocycles. The maximum absolute atomic E-state index is 15.5. The molecule has 0 N–H and O–H groups in total. The highest BCUT2D eigenvalue weighted by molar-refractivity contribution is 6.48. The molecule has 38 heavy (non-hydrogen) atoms. The van der Waals surface area contributed by atoms with Crippen LogP contribution in [-0.2, 0) is 16.1 Å². The molecule has 1 aromatic heterocycles. The molecule has 1 saturated heterocycles. The third kappa shape index (κ3) is 4.50. The lowest BCUT2D eigenvalue weighted by Crippen LogP contribution is -2.58. The fourth-order valence-electron chi connectivity index (χ4n) is 4.55. The second-order valence-corrected chi connectivity index (χ2v) is 10.5. The number of likely N-dealkylation sites (tertiary alicyclic amines) is 1. The summed E-state index contributed by atoms with van der Waals surface area (Å²) in [4.78, 5) is 23.1. The number of aromatic nitrogens is 1. The van der Waals surface area contributed by atoms with Gasteiger partial charge in [0.05, 0.1) is 33.9 Å². The number of aryl methyl sites for hydroxylation is 1. The zero-order valence-corrected chi connectivity index (χ0v) is 21.9. The topological polar surface area (TPSA) is 54.8 Å². The Morgan fingerprint density at radius 1 is 1.00 bits per heavy atom. The van der Waals surface area contributed by atoms with Gasteiger partial charge in [-0.05, 0) is 42.3 Å². The van der Waals surface area contributed by atoms with Crippen molar-refractivity contribution in [3.05, 3.63) is 97.7 Å². The van der Waals surface area contributed by atoms with Crippen LogP contribution in [0.3, 0.4) is 0 Å². The molecule has 1 atom stereocenters. The van der Waals surface area contributed by atoms with Gasteiger partial charge in [-0.1, -0.05) is 64.2 Å². The van der Waals surface area contributed by atoms with E-state index >= 15 is 4.39 Å². The summed E-state index contributed by atoms with van der Waals surface area (Å²) in [6, 6.07) is 11.2. The summed E-state index contributed by atoms with van der Waals surface area (Å²) < 4.78 is 58.3. The van der Waals surface area contributed by atoms with Crippen LogP contribution in [0.25, 0.3) is 0 Å². The van der Waals surface area contributed by atoms with Gasteiger partial charge in [0.2, 0.25) is 0 Å². The predicted octanol–water partition coefficient (Wildman–Crippen LogP) is 7.25. The fourth-order valence-corrected chi connectivity index (χ4v) is 5.15. The standard InChI is InChI=1S/C26H18Cl3F4N3O2/c1-14-8-16(6-7-34-14)23(37)36-12-24(30,13-36)17-4-2-15(3-5-17)21-11-25(38-35-21,26(31,32)33)18-9-19(27)22(29)20(28)10-18/h2-10H,11-13H2,1H3. The molecule has 3 aromatic rings. The van der Waals surface area contributed by atoms with Crippen LogP contribution in [0.2, 0.25) is 15.1 Å². The Bertz CT molecular complexity index is 1430. The van der Waals surface area contributed by atoms with Crippen molar-refractivity contribution in [3.8, 4) is 0 Å². The minimum absolute atomic E-state index is 0.0162. The molecule has 0 bridgehead atoms. The zero-order valence-electron chi connectivity index (χ0n) is 19.6. The molecule has 1 fully saturated rings. The molecule has 198 valence electrons. The number of nitrogens with zero attached hydrogens (tertiary/aromatic N) is 3. The van der Waals surface area contributed by atoms with Crippen molar-refractivity contribution >= 4 is 46.4 Å². The molecule has 2 aromatic carbocycles. The molecule has 2 aliphatic rings. The Balaban J connectivity index is 1.33. The minimum atomic E-state index is -4.86. The van der Waals surface area contributed by atoms with Crippen molar-refractivity contribution in [1.82, 2.24) is 9.88 Å². The summed E-state index contributed by atoms with van der Waals surface area (Å²) in [7, 11) is 0. The van der Waals surface area contributed by atoms with Crippen molar-refractivity contribution in [2.24, 2.45) is 5.16 Å². The molecule has 0 spiro atoms. The summed E-state index contributed by atoms with van der Waals surface area (Å²) in [6.07, 6.45) is -4.00. The van der Waals surface area contributed by atoms with Crippen molar-refractivity contribution < 1.29 is 27.2 Å². The van der Waals surface area contributed by atoms with Crippen LogP contribution in [0.15, 0.2) is 59.9 Å². The molecule has 0 radical (unpaired) electrons. The number of pyridine rings is 1. The van der Waals surface area contributed by atoms with E-state index in [1.54, 1.807) is 19.1 Å². The smallest absolute Gasteiger partial charge is 0.374 e. The van der Waals surface area contributed by atoms with E-state index in [-0.39, 0.29) is 45.3 Å². The van der Waals surface area contributed by atoms with Gasteiger partial charge >= 0.3 is 6.18 Å². The van der Waals surface area contributed by atoms with Crippen molar-refractivity contribution in [3.63, 3.8) is 0 Å². The lowest BCUT2D eigenvalue weighted by atomic mass is 9.84. The van der Waals surface area contributed by atoms with Gasteiger partial charge in [0, 0.05) is 29.4 Å². The Hall–Kier alpha value is -2.88. The van der Waals surface area contributed by atoms with Gasteiger partial charge in [0.15, 0.2) is 5.67 Å². The monoisotopic (exact) mass is 585 g/mol. The van der Waals surface area contributed by atoms with Gasteiger partial charge in [0.25, 0.3) is 11.5 Å². The van der Waals surface area contributed by atoms with E-state index in [9.17, 15) is 18.0 Å². The summed E-state index contributed by atoms with van der Waals surface area (Å²) in [5.41, 5.74) is -3.20. The van der Waals surface area contributed by atoms with Crippen LogP contribution < -0.4 is 0 Å². The number of amides is 1. The highest BCUT2D eigenvalue weighted by atomic mass is 35.5.